The lowest BCUT2D eigenvalue weighted by Gasteiger charge is -2.16. The fourth-order valence-electron chi connectivity index (χ4n) is 3.27. The van der Waals surface area contributed by atoms with E-state index < -0.39 is 5.91 Å². The van der Waals surface area contributed by atoms with Crippen LogP contribution in [-0.2, 0) is 0 Å². The maximum atomic E-state index is 12.0. The zero-order valence-electron chi connectivity index (χ0n) is 14.3. The van der Waals surface area contributed by atoms with E-state index in [0.29, 0.717) is 22.5 Å². The maximum absolute atomic E-state index is 12.0. The number of nitrogens with two attached hydrogens (primary N) is 2. The highest BCUT2D eigenvalue weighted by Gasteiger charge is 2.18. The second kappa shape index (κ2) is 6.42. The minimum atomic E-state index is -0.545. The third-order valence-corrected chi connectivity index (χ3v) is 4.50. The summed E-state index contributed by atoms with van der Waals surface area (Å²) >= 11 is 0. The van der Waals surface area contributed by atoms with E-state index in [1.165, 1.54) is 6.07 Å². The van der Waals surface area contributed by atoms with Crippen molar-refractivity contribution in [3.63, 3.8) is 0 Å². The normalized spacial score (nSPS) is 10.8. The van der Waals surface area contributed by atoms with Gasteiger partial charge in [0.1, 0.15) is 5.65 Å². The van der Waals surface area contributed by atoms with Crippen molar-refractivity contribution in [3.8, 4) is 22.3 Å². The summed E-state index contributed by atoms with van der Waals surface area (Å²) in [6.07, 6.45) is 1.61. The largest absolute Gasteiger partial charge is 0.398 e. The Bertz CT molecular complexity index is 1230. The van der Waals surface area contributed by atoms with Gasteiger partial charge in [-0.05, 0) is 29.3 Å². The lowest BCUT2D eigenvalue weighted by atomic mass is 9.91. The second-order valence-corrected chi connectivity index (χ2v) is 6.12. The molecule has 6 heteroatoms. The number of aromatic amines is 1. The number of hydrogen-bond donors (Lipinski definition) is 3. The number of benzene rings is 2. The molecule has 0 atom stereocenters. The number of nitrogens with one attached hydrogen (secondary N) is 1. The van der Waals surface area contributed by atoms with Gasteiger partial charge in [-0.15, -0.1) is 0 Å². The lowest BCUT2D eigenvalue weighted by Crippen LogP contribution is -2.14. The molecule has 27 heavy (non-hydrogen) atoms. The molecule has 0 saturated heterocycles. The van der Waals surface area contributed by atoms with Crippen molar-refractivity contribution in [3.05, 3.63) is 82.8 Å². The first-order valence-corrected chi connectivity index (χ1v) is 8.32. The number of hydrogen-bond acceptors (Lipinski definition) is 4. The van der Waals surface area contributed by atoms with E-state index in [-0.39, 0.29) is 5.56 Å². The highest BCUT2D eigenvalue weighted by Crippen LogP contribution is 2.39. The molecule has 0 saturated carbocycles. The van der Waals surface area contributed by atoms with Gasteiger partial charge in [-0.2, -0.15) is 0 Å². The molecule has 2 aromatic heterocycles. The van der Waals surface area contributed by atoms with Crippen LogP contribution in [0.1, 0.15) is 10.4 Å². The van der Waals surface area contributed by atoms with E-state index >= 15 is 0 Å². The maximum Gasteiger partial charge on any atom is 0.249 e. The molecule has 4 aromatic rings. The minimum absolute atomic E-state index is 0.228. The van der Waals surface area contributed by atoms with Crippen LogP contribution in [0.5, 0.6) is 0 Å². The third-order valence-electron chi connectivity index (χ3n) is 4.50. The molecule has 0 aliphatic carbocycles. The van der Waals surface area contributed by atoms with Gasteiger partial charge in [-0.25, -0.2) is 4.98 Å². The summed E-state index contributed by atoms with van der Waals surface area (Å²) in [7, 11) is 0. The number of nitrogen functional groups attached to an aromatic ring is 1. The molecular formula is C21H16N4O2. The molecule has 0 unspecified atom stereocenters. The Labute approximate surface area is 154 Å². The summed E-state index contributed by atoms with van der Waals surface area (Å²) in [5.41, 5.74) is 16.1. The molecule has 4 rings (SSSR count). The summed E-state index contributed by atoms with van der Waals surface area (Å²) in [5.74, 6) is -0.545. The van der Waals surface area contributed by atoms with Crippen LogP contribution in [0.15, 0.2) is 71.7 Å². The fraction of sp³-hybridized carbons (Fsp3) is 0. The summed E-state index contributed by atoms with van der Waals surface area (Å²) in [6.45, 7) is 0. The molecule has 0 aliphatic rings. The van der Waals surface area contributed by atoms with Crippen molar-refractivity contribution in [2.45, 2.75) is 0 Å². The smallest absolute Gasteiger partial charge is 0.249 e. The molecule has 2 heterocycles. The fourth-order valence-corrected chi connectivity index (χ4v) is 3.27. The van der Waals surface area contributed by atoms with Crippen LogP contribution < -0.4 is 17.0 Å². The molecule has 0 aliphatic heterocycles. The Balaban J connectivity index is 2.04. The Morgan fingerprint density at radius 2 is 1.70 bits per heavy atom. The molecule has 0 fully saturated rings. The van der Waals surface area contributed by atoms with E-state index in [0.717, 1.165) is 22.1 Å². The van der Waals surface area contributed by atoms with Gasteiger partial charge in [0.15, 0.2) is 0 Å². The van der Waals surface area contributed by atoms with Gasteiger partial charge in [-0.3, -0.25) is 9.59 Å². The average molecular weight is 356 g/mol. The summed E-state index contributed by atoms with van der Waals surface area (Å²) in [5, 5.41) is 0.759. The zero-order chi connectivity index (χ0) is 19.0. The lowest BCUT2D eigenvalue weighted by molar-refractivity contribution is 0.100. The van der Waals surface area contributed by atoms with Gasteiger partial charge < -0.3 is 16.5 Å². The summed E-state index contributed by atoms with van der Waals surface area (Å²) in [4.78, 5) is 30.5. The van der Waals surface area contributed by atoms with Crippen molar-refractivity contribution in [2.24, 2.45) is 5.73 Å². The quantitative estimate of drug-likeness (QED) is 0.490. The van der Waals surface area contributed by atoms with E-state index in [9.17, 15) is 9.59 Å². The number of nitrogens with zero attached hydrogens (tertiary/aromatic N) is 1. The number of amides is 1. The van der Waals surface area contributed by atoms with Crippen LogP contribution in [0, 0.1) is 0 Å². The molecule has 6 nitrogen and oxygen atoms in total. The monoisotopic (exact) mass is 356 g/mol. The molecule has 2 aromatic carbocycles. The van der Waals surface area contributed by atoms with Crippen molar-refractivity contribution in [1.82, 2.24) is 9.97 Å². The van der Waals surface area contributed by atoms with Crippen LogP contribution in [-0.4, -0.2) is 15.9 Å². The molecule has 0 radical (unpaired) electrons. The van der Waals surface area contributed by atoms with Crippen molar-refractivity contribution in [2.75, 3.05) is 5.73 Å². The average Bonchev–Trinajstić information content (AvgIpc) is 2.67. The minimum Gasteiger partial charge on any atom is -0.398 e. The van der Waals surface area contributed by atoms with Gasteiger partial charge in [0.05, 0.1) is 0 Å². The van der Waals surface area contributed by atoms with E-state index in [1.807, 2.05) is 36.4 Å². The van der Waals surface area contributed by atoms with Crippen LogP contribution in [0.2, 0.25) is 0 Å². The van der Waals surface area contributed by atoms with Gasteiger partial charge in [-0.1, -0.05) is 36.4 Å². The topological polar surface area (TPSA) is 115 Å². The molecular weight excluding hydrogens is 340 g/mol. The Kier molecular flexibility index (Phi) is 3.93. The second-order valence-electron chi connectivity index (χ2n) is 6.12. The van der Waals surface area contributed by atoms with Crippen molar-refractivity contribution < 1.29 is 4.79 Å². The van der Waals surface area contributed by atoms with Crippen molar-refractivity contribution in [1.29, 1.82) is 0 Å². The van der Waals surface area contributed by atoms with Crippen LogP contribution in [0.4, 0.5) is 5.69 Å². The molecule has 1 amide bonds. The molecule has 5 N–H and O–H groups in total. The van der Waals surface area contributed by atoms with E-state index in [4.69, 9.17) is 11.5 Å². The predicted octanol–water partition coefficient (Wildman–Crippen LogP) is 2.94. The van der Waals surface area contributed by atoms with Gasteiger partial charge in [0.2, 0.25) is 11.5 Å². The third kappa shape index (κ3) is 2.83. The number of aromatic nitrogens is 2. The van der Waals surface area contributed by atoms with Crippen LogP contribution in [0.25, 0.3) is 33.3 Å². The molecule has 0 spiro atoms. The summed E-state index contributed by atoms with van der Waals surface area (Å²) < 4.78 is 0. The number of rotatable bonds is 3. The predicted molar refractivity (Wildman–Crippen MR) is 106 cm³/mol. The van der Waals surface area contributed by atoms with Gasteiger partial charge >= 0.3 is 0 Å². The SMILES string of the molecule is NC(=O)c1ccc(-c2ccnc3[nH]c(=O)ccc23)c(N)c1-c1ccccc1. The first-order valence-electron chi connectivity index (χ1n) is 8.32. The number of H-pyrrole nitrogens is 1. The number of primary amides is 1. The highest BCUT2D eigenvalue weighted by atomic mass is 16.1. The first-order chi connectivity index (χ1) is 13.1. The zero-order valence-corrected chi connectivity index (χ0v) is 14.3. The molecule has 132 valence electrons. The number of fused-ring (bicyclic) bond motifs is 1. The highest BCUT2D eigenvalue weighted by molar-refractivity contribution is 6.07. The number of anilines is 1. The standard InChI is InChI=1S/C21H16N4O2/c22-19-14(13-10-11-24-21-15(13)8-9-17(26)25-21)6-7-16(20(23)27)18(19)12-4-2-1-3-5-12/h1-11H,22H2,(H2,23,27)(H,24,25,26). The Morgan fingerprint density at radius 3 is 2.44 bits per heavy atom. The Hall–Kier alpha value is -3.93. The van der Waals surface area contributed by atoms with Gasteiger partial charge in [0, 0.05) is 40.0 Å². The summed E-state index contributed by atoms with van der Waals surface area (Å²) in [6, 6.07) is 17.8. The number of carbonyl (C=O) groups is 1. The van der Waals surface area contributed by atoms with Crippen LogP contribution in [0.3, 0.4) is 0 Å². The Morgan fingerprint density at radius 1 is 0.926 bits per heavy atom. The van der Waals surface area contributed by atoms with Gasteiger partial charge in [0.25, 0.3) is 0 Å². The first kappa shape index (κ1) is 16.5. The van der Waals surface area contributed by atoms with E-state index in [2.05, 4.69) is 9.97 Å². The molecule has 0 bridgehead atoms. The van der Waals surface area contributed by atoms with Crippen molar-refractivity contribution >= 4 is 22.6 Å². The number of carbonyl (C=O) groups excluding carboxylic acids is 1. The van der Waals surface area contributed by atoms with Crippen LogP contribution >= 0.6 is 0 Å². The number of pyridine rings is 2. The van der Waals surface area contributed by atoms with E-state index in [1.54, 1.807) is 24.4 Å².